The van der Waals surface area contributed by atoms with Crippen LogP contribution in [0.15, 0.2) is 47.7 Å². The molecule has 0 bridgehead atoms. The van der Waals surface area contributed by atoms with E-state index in [2.05, 4.69) is 41.8 Å². The summed E-state index contributed by atoms with van der Waals surface area (Å²) in [6.07, 6.45) is 4.03. The number of hydrogen-bond donors (Lipinski definition) is 0. The van der Waals surface area contributed by atoms with Crippen molar-refractivity contribution in [1.82, 2.24) is 4.57 Å². The Hall–Kier alpha value is -2.10. The van der Waals surface area contributed by atoms with E-state index in [1.807, 2.05) is 49.8 Å². The highest BCUT2D eigenvalue weighted by molar-refractivity contribution is 5.26. The highest BCUT2D eigenvalue weighted by atomic mass is 16.5. The molecule has 1 aromatic heterocycles. The van der Waals surface area contributed by atoms with Crippen LogP contribution in [-0.2, 0) is 0 Å². The molecule has 2 rings (SSSR count). The first-order valence-electron chi connectivity index (χ1n) is 7.36. The van der Waals surface area contributed by atoms with Gasteiger partial charge in [-0.15, -0.1) is 4.99 Å². The maximum absolute atomic E-state index is 5.98. The molecule has 0 saturated carbocycles. The molecule has 0 aliphatic heterocycles. The Balaban J connectivity index is 2.53. The summed E-state index contributed by atoms with van der Waals surface area (Å²) in [5.74, 6) is 1.65. The van der Waals surface area contributed by atoms with E-state index in [-0.39, 0.29) is 0 Å². The van der Waals surface area contributed by atoms with Crippen LogP contribution in [0.3, 0.4) is 0 Å². The van der Waals surface area contributed by atoms with Gasteiger partial charge in [-0.25, -0.2) is 9.13 Å². The molecule has 4 heteroatoms. The molecule has 0 spiro atoms. The van der Waals surface area contributed by atoms with Crippen molar-refractivity contribution in [2.75, 3.05) is 7.05 Å². The minimum absolute atomic E-state index is 0.313. The van der Waals surface area contributed by atoms with Gasteiger partial charge >= 0.3 is 5.62 Å². The zero-order valence-electron chi connectivity index (χ0n) is 13.4. The van der Waals surface area contributed by atoms with E-state index in [0.29, 0.717) is 12.1 Å². The van der Waals surface area contributed by atoms with E-state index >= 15 is 0 Å². The molecule has 1 heterocycles. The normalized spacial score (nSPS) is 11.0. The summed E-state index contributed by atoms with van der Waals surface area (Å²) >= 11 is 0. The molecule has 0 radical (unpaired) electrons. The van der Waals surface area contributed by atoms with Crippen molar-refractivity contribution in [2.45, 2.75) is 39.8 Å². The molecule has 0 unspecified atom stereocenters. The van der Waals surface area contributed by atoms with Gasteiger partial charge in [0.15, 0.2) is 5.75 Å². The topological polar surface area (TPSA) is 30.4 Å². The van der Waals surface area contributed by atoms with Crippen LogP contribution in [0.4, 0.5) is 0 Å². The van der Waals surface area contributed by atoms with Crippen molar-refractivity contribution < 1.29 is 9.30 Å². The van der Waals surface area contributed by atoms with Gasteiger partial charge in [-0.1, -0.05) is 18.2 Å². The molecule has 21 heavy (non-hydrogen) atoms. The maximum Gasteiger partial charge on any atom is 0.393 e. The predicted molar refractivity (Wildman–Crippen MR) is 83.4 cm³/mol. The van der Waals surface area contributed by atoms with Crippen LogP contribution >= 0.6 is 0 Å². The van der Waals surface area contributed by atoms with E-state index in [0.717, 1.165) is 17.1 Å². The quantitative estimate of drug-likeness (QED) is 0.794. The van der Waals surface area contributed by atoms with Gasteiger partial charge in [-0.2, -0.15) is 0 Å². The van der Waals surface area contributed by atoms with E-state index in [1.54, 1.807) is 0 Å². The Bertz CT molecular complexity index is 625. The summed E-state index contributed by atoms with van der Waals surface area (Å²) in [6.45, 7) is 8.58. The summed E-state index contributed by atoms with van der Waals surface area (Å²) < 4.78 is 10.3. The fraction of sp³-hybridized carbons (Fsp3) is 0.412. The first-order chi connectivity index (χ1) is 10.0. The van der Waals surface area contributed by atoms with Crippen LogP contribution in [0.2, 0.25) is 0 Å². The smallest absolute Gasteiger partial charge is 0.393 e. The predicted octanol–water partition coefficient (Wildman–Crippen LogP) is 3.26. The average Bonchev–Trinajstić information content (AvgIpc) is 2.47. The Labute approximate surface area is 126 Å². The fourth-order valence-corrected chi connectivity index (χ4v) is 2.22. The molecule has 4 nitrogen and oxygen atoms in total. The molecule has 0 aliphatic rings. The van der Waals surface area contributed by atoms with E-state index < -0.39 is 0 Å². The summed E-state index contributed by atoms with van der Waals surface area (Å²) in [6, 6.07) is 10.5. The number of nitrogens with zero attached hydrogens (tertiary/aromatic N) is 3. The number of rotatable bonds is 4. The third kappa shape index (κ3) is 3.51. The molecular formula is C17H24N3O+. The Morgan fingerprint density at radius 2 is 1.71 bits per heavy atom. The fourth-order valence-electron chi connectivity index (χ4n) is 2.22. The standard InChI is InChI=1S/C17H24N3O/c1-13(2)19-11-16(21-15-9-7-6-8-10-15)12-20(14(3)4)17(19)18-5/h6-14H,1-5H3/q+1. The van der Waals surface area contributed by atoms with Crippen LogP contribution in [-0.4, -0.2) is 11.6 Å². The van der Waals surface area contributed by atoms with Gasteiger partial charge in [0.05, 0.1) is 19.1 Å². The zero-order chi connectivity index (χ0) is 15.4. The average molecular weight is 286 g/mol. The van der Waals surface area contributed by atoms with Gasteiger partial charge < -0.3 is 4.74 Å². The second kappa shape index (κ2) is 6.57. The lowest BCUT2D eigenvalue weighted by atomic mass is 10.3. The third-order valence-electron chi connectivity index (χ3n) is 3.29. The van der Waals surface area contributed by atoms with Crippen molar-refractivity contribution in [2.24, 2.45) is 4.99 Å². The molecule has 0 N–H and O–H groups in total. The summed E-state index contributed by atoms with van der Waals surface area (Å²) in [5.41, 5.74) is 0.945. The van der Waals surface area contributed by atoms with Crippen molar-refractivity contribution in [3.8, 4) is 11.5 Å². The molecular weight excluding hydrogens is 262 g/mol. The zero-order valence-corrected chi connectivity index (χ0v) is 13.4. The minimum atomic E-state index is 0.313. The minimum Gasteiger partial charge on any atom is -0.451 e. The molecule has 112 valence electrons. The molecule has 1 aromatic carbocycles. The van der Waals surface area contributed by atoms with Gasteiger partial charge in [0, 0.05) is 0 Å². The lowest BCUT2D eigenvalue weighted by Gasteiger charge is -2.14. The number of aromatic nitrogens is 2. The monoisotopic (exact) mass is 286 g/mol. The lowest BCUT2D eigenvalue weighted by Crippen LogP contribution is -2.56. The van der Waals surface area contributed by atoms with Gasteiger partial charge in [-0.05, 0) is 39.8 Å². The second-order valence-electron chi connectivity index (χ2n) is 5.60. The van der Waals surface area contributed by atoms with Crippen LogP contribution in [0.1, 0.15) is 39.8 Å². The molecule has 0 fully saturated rings. The van der Waals surface area contributed by atoms with Crippen molar-refractivity contribution in [1.29, 1.82) is 0 Å². The lowest BCUT2D eigenvalue weighted by molar-refractivity contribution is -0.736. The molecule has 0 amide bonds. The van der Waals surface area contributed by atoms with Gasteiger partial charge in [0.25, 0.3) is 0 Å². The van der Waals surface area contributed by atoms with Crippen molar-refractivity contribution in [3.63, 3.8) is 0 Å². The van der Waals surface area contributed by atoms with Crippen LogP contribution in [0, 0.1) is 0 Å². The largest absolute Gasteiger partial charge is 0.451 e. The van der Waals surface area contributed by atoms with E-state index in [9.17, 15) is 0 Å². The SMILES string of the molecule is CN=c1n(C(C)C)cc(Oc2ccccc2)c[n+]1C(C)C. The highest BCUT2D eigenvalue weighted by Gasteiger charge is 2.16. The highest BCUT2D eigenvalue weighted by Crippen LogP contribution is 2.19. The van der Waals surface area contributed by atoms with Gasteiger partial charge in [-0.3, -0.25) is 0 Å². The summed E-state index contributed by atoms with van der Waals surface area (Å²) in [5, 5.41) is 0. The summed E-state index contributed by atoms with van der Waals surface area (Å²) in [7, 11) is 1.82. The first-order valence-corrected chi connectivity index (χ1v) is 7.36. The van der Waals surface area contributed by atoms with Crippen LogP contribution < -0.4 is 14.9 Å². The van der Waals surface area contributed by atoms with Gasteiger partial charge in [0.1, 0.15) is 18.1 Å². The second-order valence-corrected chi connectivity index (χ2v) is 5.60. The molecule has 0 aliphatic carbocycles. The Kier molecular flexibility index (Phi) is 4.78. The van der Waals surface area contributed by atoms with Crippen molar-refractivity contribution in [3.05, 3.63) is 48.3 Å². The number of ether oxygens (including phenoxy) is 1. The molecule has 0 saturated heterocycles. The third-order valence-corrected chi connectivity index (χ3v) is 3.29. The number of benzene rings is 1. The number of hydrogen-bond acceptors (Lipinski definition) is 2. The van der Waals surface area contributed by atoms with E-state index in [1.165, 1.54) is 0 Å². The maximum atomic E-state index is 5.98. The molecule has 2 aromatic rings. The Morgan fingerprint density at radius 3 is 2.24 bits per heavy atom. The number of para-hydroxylation sites is 1. The van der Waals surface area contributed by atoms with Crippen molar-refractivity contribution >= 4 is 0 Å². The van der Waals surface area contributed by atoms with Crippen LogP contribution in [0.5, 0.6) is 11.5 Å². The molecule has 0 atom stereocenters. The summed E-state index contributed by atoms with van der Waals surface area (Å²) in [4.78, 5) is 4.43. The van der Waals surface area contributed by atoms with Crippen LogP contribution in [0.25, 0.3) is 0 Å². The van der Waals surface area contributed by atoms with E-state index in [4.69, 9.17) is 4.74 Å². The first kappa shape index (κ1) is 15.3. The Morgan fingerprint density at radius 1 is 1.05 bits per heavy atom. The van der Waals surface area contributed by atoms with Gasteiger partial charge in [0.2, 0.25) is 0 Å².